The zero-order chi connectivity index (χ0) is 24.4. The molecule has 3 heterocycles. The van der Waals surface area contributed by atoms with Crippen molar-refractivity contribution >= 4 is 67.4 Å². The Hall–Kier alpha value is -2.88. The van der Waals surface area contributed by atoms with E-state index < -0.39 is 5.97 Å². The summed E-state index contributed by atoms with van der Waals surface area (Å²) < 4.78 is 7.31. The molecule has 4 aromatic rings. The number of thiazole rings is 2. The van der Waals surface area contributed by atoms with Crippen molar-refractivity contribution in [3.63, 3.8) is 0 Å². The molecule has 0 bridgehead atoms. The van der Waals surface area contributed by atoms with E-state index in [1.54, 1.807) is 34.4 Å². The molecule has 1 aliphatic heterocycles. The van der Waals surface area contributed by atoms with Gasteiger partial charge >= 0.3 is 0 Å². The molecule has 0 amide bonds. The Kier molecular flexibility index (Phi) is 7.25. The molecule has 0 spiro atoms. The zero-order valence-corrected chi connectivity index (χ0v) is 21.9. The van der Waals surface area contributed by atoms with Gasteiger partial charge in [0, 0.05) is 30.5 Å². The van der Waals surface area contributed by atoms with Gasteiger partial charge in [0.1, 0.15) is 25.5 Å². The van der Waals surface area contributed by atoms with E-state index in [9.17, 15) is 4.79 Å². The molecule has 0 N–H and O–H groups in total. The van der Waals surface area contributed by atoms with Crippen LogP contribution in [0.2, 0.25) is 0 Å². The normalized spacial score (nSPS) is 14.8. The summed E-state index contributed by atoms with van der Waals surface area (Å²) in [5.74, 6) is -1.08. The van der Waals surface area contributed by atoms with Crippen LogP contribution in [0.1, 0.15) is 25.8 Å². The van der Waals surface area contributed by atoms with Crippen molar-refractivity contribution in [2.75, 3.05) is 11.9 Å². The third-order valence-corrected chi connectivity index (χ3v) is 8.96. The molecule has 0 atom stereocenters. The molecular formula is C25H25N3O3S3. The molecular weight excluding hydrogens is 486 g/mol. The third-order valence-electron chi connectivity index (χ3n) is 5.36. The van der Waals surface area contributed by atoms with Gasteiger partial charge in [-0.25, -0.2) is 0 Å². The van der Waals surface area contributed by atoms with Crippen LogP contribution in [-0.2, 0) is 17.9 Å². The molecule has 0 radical (unpaired) electrons. The number of fused-ring (bicyclic) bond motifs is 2. The predicted molar refractivity (Wildman–Crippen MR) is 140 cm³/mol. The van der Waals surface area contributed by atoms with E-state index in [-0.39, 0.29) is 5.56 Å². The minimum Gasteiger partial charge on any atom is -0.550 e. The van der Waals surface area contributed by atoms with Gasteiger partial charge in [0.05, 0.1) is 11.8 Å². The van der Waals surface area contributed by atoms with Crippen LogP contribution in [0, 0.1) is 0 Å². The van der Waals surface area contributed by atoms with Crippen molar-refractivity contribution in [3.8, 4) is 0 Å². The van der Waals surface area contributed by atoms with Crippen molar-refractivity contribution in [3.05, 3.63) is 73.1 Å². The van der Waals surface area contributed by atoms with E-state index in [1.165, 1.54) is 20.1 Å². The Morgan fingerprint density at radius 3 is 2.44 bits per heavy atom. The lowest BCUT2D eigenvalue weighted by Gasteiger charge is -2.11. The maximum absolute atomic E-state index is 13.3. The summed E-state index contributed by atoms with van der Waals surface area (Å²) in [4.78, 5) is 25.5. The van der Waals surface area contributed by atoms with Gasteiger partial charge in [-0.15, -0.1) is 11.3 Å². The number of thioether (sulfide) groups is 1. The fourth-order valence-corrected chi connectivity index (χ4v) is 7.55. The van der Waals surface area contributed by atoms with Crippen LogP contribution in [0.5, 0.6) is 0 Å². The SMILES string of the molecule is CC(=O)[O-].CCn1c(=O)/c(=C2\Sc3ccccc3N2C)s/c1=C/c1sc2ccccc2[n+]1CC. The monoisotopic (exact) mass is 511 g/mol. The highest BCUT2D eigenvalue weighted by Gasteiger charge is 2.24. The molecule has 1 aliphatic rings. The first kappa shape index (κ1) is 24.3. The number of nitrogens with zero attached hydrogens (tertiary/aromatic N) is 3. The number of hydrogen-bond donors (Lipinski definition) is 0. The summed E-state index contributed by atoms with van der Waals surface area (Å²) in [7, 11) is 2.05. The van der Waals surface area contributed by atoms with E-state index in [0.29, 0.717) is 6.54 Å². The Bertz CT molecular complexity index is 1540. The van der Waals surface area contributed by atoms with Crippen molar-refractivity contribution in [2.45, 2.75) is 38.8 Å². The molecule has 0 saturated carbocycles. The molecule has 2 aromatic carbocycles. The van der Waals surface area contributed by atoms with E-state index in [1.807, 2.05) is 30.7 Å². The van der Waals surface area contributed by atoms with Crippen LogP contribution in [0.4, 0.5) is 5.69 Å². The summed E-state index contributed by atoms with van der Waals surface area (Å²) in [6.45, 7) is 6.74. The summed E-state index contributed by atoms with van der Waals surface area (Å²) in [5.41, 5.74) is 2.50. The number of anilines is 1. The van der Waals surface area contributed by atoms with Gasteiger partial charge in [-0.05, 0) is 39.0 Å². The Morgan fingerprint density at radius 1 is 1.09 bits per heavy atom. The number of rotatable bonds is 3. The smallest absolute Gasteiger partial charge is 0.271 e. The van der Waals surface area contributed by atoms with Crippen LogP contribution >= 0.6 is 34.4 Å². The molecule has 0 unspecified atom stereocenters. The van der Waals surface area contributed by atoms with Crippen LogP contribution in [0.25, 0.3) is 21.3 Å². The van der Waals surface area contributed by atoms with Crippen molar-refractivity contribution < 1.29 is 14.5 Å². The van der Waals surface area contributed by atoms with Crippen LogP contribution < -0.4 is 29.3 Å². The second-order valence-electron chi connectivity index (χ2n) is 7.54. The Labute approximate surface area is 209 Å². The summed E-state index contributed by atoms with van der Waals surface area (Å²) in [6.07, 6.45) is 2.18. The van der Waals surface area contributed by atoms with Gasteiger partial charge < -0.3 is 14.8 Å². The number of aromatic nitrogens is 2. The minimum atomic E-state index is -1.08. The van der Waals surface area contributed by atoms with Crippen molar-refractivity contribution in [1.29, 1.82) is 0 Å². The molecule has 5 rings (SSSR count). The first-order valence-corrected chi connectivity index (χ1v) is 13.4. The first-order valence-electron chi connectivity index (χ1n) is 10.9. The standard InChI is InChI=1S/C23H22N3OS3.C2H4O2/c1-4-25-16-11-7-9-13-18(16)28-19(25)14-20-26(5-2)22(27)21(30-20)23-24(3)15-10-6-8-12-17(15)29-23;1-2(3)4/h6-14H,4-5H2,1-3H3;1H3,(H,3,4)/q+1;/p-1/b23-21+;. The second-order valence-corrected chi connectivity index (χ2v) is 10.7. The van der Waals surface area contributed by atoms with Gasteiger partial charge in [0.25, 0.3) is 10.6 Å². The van der Waals surface area contributed by atoms with E-state index >= 15 is 0 Å². The number of aryl methyl sites for hydroxylation is 1. The maximum Gasteiger partial charge on any atom is 0.271 e. The van der Waals surface area contributed by atoms with Gasteiger partial charge in [-0.2, -0.15) is 4.57 Å². The lowest BCUT2D eigenvalue weighted by Crippen LogP contribution is -2.35. The number of para-hydroxylation sites is 2. The number of carboxylic acids is 1. The quantitative estimate of drug-likeness (QED) is 0.395. The predicted octanol–water partition coefficient (Wildman–Crippen LogP) is 2.34. The van der Waals surface area contributed by atoms with E-state index in [4.69, 9.17) is 9.90 Å². The summed E-state index contributed by atoms with van der Waals surface area (Å²) in [6, 6.07) is 16.8. The molecule has 34 heavy (non-hydrogen) atoms. The lowest BCUT2D eigenvalue weighted by atomic mass is 10.3. The molecule has 9 heteroatoms. The van der Waals surface area contributed by atoms with E-state index in [0.717, 1.165) is 33.4 Å². The average Bonchev–Trinajstić information content (AvgIpc) is 3.44. The second kappa shape index (κ2) is 10.2. The molecule has 6 nitrogen and oxygen atoms in total. The summed E-state index contributed by atoms with van der Waals surface area (Å²) in [5, 5.41) is 11.1. The zero-order valence-electron chi connectivity index (χ0n) is 19.4. The van der Waals surface area contributed by atoms with Gasteiger partial charge in [-0.3, -0.25) is 9.36 Å². The molecule has 2 aromatic heterocycles. The lowest BCUT2D eigenvalue weighted by molar-refractivity contribution is -0.665. The molecule has 176 valence electrons. The number of carboxylic acid groups (broad SMARTS) is 1. The van der Waals surface area contributed by atoms with Gasteiger partial charge in [-0.1, -0.05) is 47.4 Å². The first-order chi connectivity index (χ1) is 16.3. The van der Waals surface area contributed by atoms with Crippen molar-refractivity contribution in [2.24, 2.45) is 0 Å². The average molecular weight is 512 g/mol. The van der Waals surface area contributed by atoms with Gasteiger partial charge in [0.15, 0.2) is 0 Å². The highest BCUT2D eigenvalue weighted by molar-refractivity contribution is 8.08. The molecule has 0 saturated heterocycles. The number of aliphatic carboxylic acids is 1. The fourth-order valence-electron chi connectivity index (χ4n) is 3.86. The molecule has 0 aliphatic carbocycles. The minimum absolute atomic E-state index is 0.0973. The van der Waals surface area contributed by atoms with Crippen molar-refractivity contribution in [1.82, 2.24) is 4.57 Å². The number of benzene rings is 2. The largest absolute Gasteiger partial charge is 0.550 e. The Balaban J connectivity index is 0.000000636. The highest BCUT2D eigenvalue weighted by atomic mass is 32.2. The summed E-state index contributed by atoms with van der Waals surface area (Å²) >= 11 is 5.06. The topological polar surface area (TPSA) is 69.2 Å². The third kappa shape index (κ3) is 4.55. The number of carbonyl (C=O) groups is 1. The number of carbonyl (C=O) groups excluding carboxylic acids is 1. The van der Waals surface area contributed by atoms with Gasteiger partial charge in [0.2, 0.25) is 5.52 Å². The maximum atomic E-state index is 13.3. The number of hydrogen-bond acceptors (Lipinski definition) is 7. The molecule has 0 fully saturated rings. The van der Waals surface area contributed by atoms with Crippen LogP contribution in [0.15, 0.2) is 58.2 Å². The van der Waals surface area contributed by atoms with Crippen LogP contribution in [-0.4, -0.2) is 17.6 Å². The van der Waals surface area contributed by atoms with E-state index in [2.05, 4.69) is 58.9 Å². The van der Waals surface area contributed by atoms with Crippen LogP contribution in [0.3, 0.4) is 0 Å². The fraction of sp³-hybridized carbons (Fsp3) is 0.240. The Morgan fingerprint density at radius 2 is 1.76 bits per heavy atom. The highest BCUT2D eigenvalue weighted by Crippen LogP contribution is 2.44.